The van der Waals surface area contributed by atoms with Crippen molar-refractivity contribution in [2.24, 2.45) is 11.7 Å². The van der Waals surface area contributed by atoms with Crippen LogP contribution in [0.5, 0.6) is 0 Å². The van der Waals surface area contributed by atoms with E-state index in [1.54, 1.807) is 4.57 Å². The minimum Gasteiger partial charge on any atom is -0.366 e. The monoisotopic (exact) mass is 424 g/mol. The fourth-order valence-electron chi connectivity index (χ4n) is 4.64. The number of carbonyl (C=O) groups is 1. The SMILES string of the molecule is NC12C=CC=CC1CN(c1ccc3c(=O)c(C(=O)C[N+](=O)[O-])cn(C4CC4)c3c1F)C2. The number of anilines is 1. The summed E-state index contributed by atoms with van der Waals surface area (Å²) in [6.07, 6.45) is 10.7. The molecule has 1 aromatic heterocycles. The molecule has 2 heterocycles. The van der Waals surface area contributed by atoms with Gasteiger partial charge in [0.2, 0.25) is 11.2 Å². The second-order valence-corrected chi connectivity index (χ2v) is 8.56. The number of nitrogens with zero attached hydrogens (tertiary/aromatic N) is 3. The van der Waals surface area contributed by atoms with E-state index in [0.29, 0.717) is 18.8 Å². The number of hydrogen-bond donors (Lipinski definition) is 1. The lowest BCUT2D eigenvalue weighted by molar-refractivity contribution is -0.465. The Morgan fingerprint density at radius 2 is 2.10 bits per heavy atom. The van der Waals surface area contributed by atoms with E-state index in [4.69, 9.17) is 5.73 Å². The van der Waals surface area contributed by atoms with E-state index in [1.165, 1.54) is 18.3 Å². The Balaban J connectivity index is 1.64. The van der Waals surface area contributed by atoms with Crippen molar-refractivity contribution >= 4 is 22.4 Å². The molecule has 1 saturated heterocycles. The minimum atomic E-state index is -0.971. The number of benzene rings is 1. The number of rotatable bonds is 5. The zero-order valence-electron chi connectivity index (χ0n) is 16.7. The molecule has 0 spiro atoms. The molecule has 5 rings (SSSR count). The summed E-state index contributed by atoms with van der Waals surface area (Å²) in [4.78, 5) is 37.1. The number of carbonyl (C=O) groups excluding carboxylic acids is 1. The van der Waals surface area contributed by atoms with Crippen molar-refractivity contribution in [3.8, 4) is 0 Å². The molecule has 1 saturated carbocycles. The molecule has 3 aliphatic rings. The lowest BCUT2D eigenvalue weighted by Crippen LogP contribution is -2.46. The Morgan fingerprint density at radius 3 is 2.77 bits per heavy atom. The number of nitrogens with two attached hydrogens (primary N) is 1. The van der Waals surface area contributed by atoms with Crippen molar-refractivity contribution in [3.05, 3.63) is 74.4 Å². The highest BCUT2D eigenvalue weighted by Crippen LogP contribution is 2.40. The lowest BCUT2D eigenvalue weighted by Gasteiger charge is -2.27. The maximum atomic E-state index is 15.8. The largest absolute Gasteiger partial charge is 0.366 e. The number of hydrogen-bond acceptors (Lipinski definition) is 6. The number of aromatic nitrogens is 1. The molecule has 1 aromatic carbocycles. The highest BCUT2D eigenvalue weighted by molar-refractivity contribution is 6.00. The van der Waals surface area contributed by atoms with Gasteiger partial charge in [0.15, 0.2) is 5.82 Å². The van der Waals surface area contributed by atoms with Gasteiger partial charge in [0.25, 0.3) is 6.54 Å². The van der Waals surface area contributed by atoms with E-state index in [1.807, 2.05) is 29.2 Å². The molecule has 0 amide bonds. The van der Waals surface area contributed by atoms with Gasteiger partial charge in [-0.05, 0) is 25.0 Å². The van der Waals surface area contributed by atoms with E-state index in [2.05, 4.69) is 0 Å². The molecule has 31 heavy (non-hydrogen) atoms. The molecule has 9 heteroatoms. The average molecular weight is 424 g/mol. The van der Waals surface area contributed by atoms with Crippen molar-refractivity contribution in [1.29, 1.82) is 0 Å². The van der Waals surface area contributed by atoms with E-state index >= 15 is 4.39 Å². The Kier molecular flexibility index (Phi) is 4.33. The van der Waals surface area contributed by atoms with Gasteiger partial charge in [-0.15, -0.1) is 0 Å². The van der Waals surface area contributed by atoms with Crippen molar-refractivity contribution < 1.29 is 14.1 Å². The van der Waals surface area contributed by atoms with Gasteiger partial charge in [-0.3, -0.25) is 19.7 Å². The first-order valence-electron chi connectivity index (χ1n) is 10.2. The number of allylic oxidation sites excluding steroid dienone is 2. The maximum absolute atomic E-state index is 15.8. The quantitative estimate of drug-likeness (QED) is 0.447. The van der Waals surface area contributed by atoms with Gasteiger partial charge in [0.05, 0.1) is 22.3 Å². The predicted molar refractivity (Wildman–Crippen MR) is 114 cm³/mol. The van der Waals surface area contributed by atoms with Crippen LogP contribution in [-0.4, -0.2) is 40.4 Å². The van der Waals surface area contributed by atoms with E-state index in [-0.39, 0.29) is 28.4 Å². The summed E-state index contributed by atoms with van der Waals surface area (Å²) in [6, 6.07) is 3.00. The number of pyridine rings is 1. The molecule has 2 N–H and O–H groups in total. The molecule has 2 aliphatic carbocycles. The van der Waals surface area contributed by atoms with Crippen molar-refractivity contribution in [2.45, 2.75) is 24.4 Å². The van der Waals surface area contributed by atoms with Gasteiger partial charge < -0.3 is 15.2 Å². The number of nitro groups is 1. The zero-order chi connectivity index (χ0) is 21.9. The maximum Gasteiger partial charge on any atom is 0.266 e. The van der Waals surface area contributed by atoms with Crippen LogP contribution < -0.4 is 16.1 Å². The second-order valence-electron chi connectivity index (χ2n) is 8.56. The van der Waals surface area contributed by atoms with Crippen LogP contribution in [0.25, 0.3) is 10.9 Å². The fraction of sp³-hybridized carbons (Fsp3) is 0.364. The molecule has 2 atom stereocenters. The van der Waals surface area contributed by atoms with Crippen molar-refractivity contribution in [2.75, 3.05) is 24.5 Å². The normalized spacial score (nSPS) is 24.6. The Bertz CT molecular complexity index is 1250. The first kappa shape index (κ1) is 19.6. The van der Waals surface area contributed by atoms with Crippen LogP contribution >= 0.6 is 0 Å². The van der Waals surface area contributed by atoms with Crippen LogP contribution in [0.3, 0.4) is 0 Å². The number of halogens is 1. The third-order valence-corrected chi connectivity index (χ3v) is 6.40. The van der Waals surface area contributed by atoms with Crippen LogP contribution in [0.2, 0.25) is 0 Å². The summed E-state index contributed by atoms with van der Waals surface area (Å²) >= 11 is 0. The summed E-state index contributed by atoms with van der Waals surface area (Å²) in [7, 11) is 0. The van der Waals surface area contributed by atoms with Crippen LogP contribution in [0.1, 0.15) is 29.2 Å². The third kappa shape index (κ3) is 3.16. The fourth-order valence-corrected chi connectivity index (χ4v) is 4.64. The van der Waals surface area contributed by atoms with Gasteiger partial charge >= 0.3 is 0 Å². The molecule has 2 aromatic rings. The minimum absolute atomic E-state index is 0.0390. The van der Waals surface area contributed by atoms with Crippen LogP contribution in [0.15, 0.2) is 47.4 Å². The average Bonchev–Trinajstić information content (AvgIpc) is 3.49. The zero-order valence-corrected chi connectivity index (χ0v) is 16.7. The van der Waals surface area contributed by atoms with Crippen molar-refractivity contribution in [3.63, 3.8) is 0 Å². The Hall–Kier alpha value is -3.33. The number of ketones is 1. The smallest absolute Gasteiger partial charge is 0.266 e. The molecular formula is C22H21FN4O4. The van der Waals surface area contributed by atoms with Gasteiger partial charge in [-0.25, -0.2) is 4.39 Å². The molecule has 1 aliphatic heterocycles. The topological polar surface area (TPSA) is 111 Å². The summed E-state index contributed by atoms with van der Waals surface area (Å²) in [6.45, 7) is 0.0155. The van der Waals surface area contributed by atoms with E-state index in [9.17, 15) is 19.7 Å². The molecule has 8 nitrogen and oxygen atoms in total. The molecule has 0 radical (unpaired) electrons. The summed E-state index contributed by atoms with van der Waals surface area (Å²) < 4.78 is 17.4. The summed E-state index contributed by atoms with van der Waals surface area (Å²) in [5, 5.41) is 10.8. The Labute approximate surface area is 176 Å². The van der Waals surface area contributed by atoms with Crippen molar-refractivity contribution in [1.82, 2.24) is 4.57 Å². The first-order chi connectivity index (χ1) is 14.8. The number of fused-ring (bicyclic) bond motifs is 2. The summed E-state index contributed by atoms with van der Waals surface area (Å²) in [5.74, 6) is -1.35. The third-order valence-electron chi connectivity index (χ3n) is 6.40. The standard InChI is InChI=1S/C22H21FN4O4/c23-19-17(25-9-13-3-1-2-8-22(13,24)12-25)7-6-15-20(19)26(14-4-5-14)10-16(21(15)29)18(28)11-27(30)31/h1-3,6-8,10,13-14H,4-5,9,11-12,24H2. The van der Waals surface area contributed by atoms with Crippen LogP contribution in [0.4, 0.5) is 10.1 Å². The first-order valence-corrected chi connectivity index (χ1v) is 10.2. The van der Waals surface area contributed by atoms with Gasteiger partial charge in [0, 0.05) is 41.6 Å². The second kappa shape index (κ2) is 6.84. The highest BCUT2D eigenvalue weighted by atomic mass is 19.1. The van der Waals surface area contributed by atoms with E-state index in [0.717, 1.165) is 12.8 Å². The lowest BCUT2D eigenvalue weighted by atomic mass is 9.85. The molecule has 0 bridgehead atoms. The van der Waals surface area contributed by atoms with Gasteiger partial charge in [0.1, 0.15) is 0 Å². The summed E-state index contributed by atoms with van der Waals surface area (Å²) in [5.41, 5.74) is 5.47. The van der Waals surface area contributed by atoms with E-state index < -0.39 is 34.0 Å². The van der Waals surface area contributed by atoms with Gasteiger partial charge in [-0.2, -0.15) is 0 Å². The molecular weight excluding hydrogens is 403 g/mol. The molecule has 2 unspecified atom stereocenters. The van der Waals surface area contributed by atoms with Gasteiger partial charge in [-0.1, -0.05) is 24.3 Å². The Morgan fingerprint density at radius 1 is 1.32 bits per heavy atom. The van der Waals surface area contributed by atoms with Crippen LogP contribution in [-0.2, 0) is 0 Å². The van der Waals surface area contributed by atoms with Crippen LogP contribution in [0, 0.1) is 21.8 Å². The molecule has 2 fully saturated rings. The predicted octanol–water partition coefficient (Wildman–Crippen LogP) is 2.19. The highest BCUT2D eigenvalue weighted by Gasteiger charge is 2.42. The molecule has 160 valence electrons. The number of Topliss-reactive ketones (excluding diaryl/α,β-unsaturated/α-hetero) is 1.